The topological polar surface area (TPSA) is 79.0 Å². The summed E-state index contributed by atoms with van der Waals surface area (Å²) in [7, 11) is -3.58. The zero-order valence-corrected chi connectivity index (χ0v) is 17.7. The molecule has 1 aromatic carbocycles. The largest absolute Gasteiger partial charge is 0.373 e. The van der Waals surface area contributed by atoms with E-state index in [4.69, 9.17) is 4.74 Å². The van der Waals surface area contributed by atoms with Gasteiger partial charge in [-0.05, 0) is 38.5 Å². The number of ether oxygens (including phenoxy) is 1. The Morgan fingerprint density at radius 1 is 1.22 bits per heavy atom. The van der Waals surface area contributed by atoms with Crippen molar-refractivity contribution in [1.82, 2.24) is 9.21 Å². The maximum atomic E-state index is 12.8. The fourth-order valence-electron chi connectivity index (χ4n) is 3.48. The van der Waals surface area contributed by atoms with Gasteiger partial charge in [-0.15, -0.1) is 0 Å². The molecule has 2 rings (SSSR count). The van der Waals surface area contributed by atoms with E-state index in [9.17, 15) is 13.2 Å². The average Bonchev–Trinajstić information content (AvgIpc) is 2.56. The number of rotatable bonds is 7. The minimum absolute atomic E-state index is 0.0896. The lowest BCUT2D eigenvalue weighted by atomic mass is 10.2. The molecule has 8 heteroatoms. The van der Waals surface area contributed by atoms with Crippen molar-refractivity contribution in [3.63, 3.8) is 0 Å². The van der Waals surface area contributed by atoms with E-state index >= 15 is 0 Å². The summed E-state index contributed by atoms with van der Waals surface area (Å²) < 4.78 is 32.8. The Balaban J connectivity index is 2.12. The van der Waals surface area contributed by atoms with Gasteiger partial charge in [0.15, 0.2) is 0 Å². The molecule has 0 bridgehead atoms. The van der Waals surface area contributed by atoms with E-state index in [-0.39, 0.29) is 29.6 Å². The van der Waals surface area contributed by atoms with Crippen LogP contribution in [0.3, 0.4) is 0 Å². The van der Waals surface area contributed by atoms with Crippen LogP contribution in [0.25, 0.3) is 0 Å². The summed E-state index contributed by atoms with van der Waals surface area (Å²) in [6.07, 6.45) is 0.179. The van der Waals surface area contributed by atoms with Crippen LogP contribution in [0.4, 0.5) is 5.69 Å². The van der Waals surface area contributed by atoms with Crippen molar-refractivity contribution < 1.29 is 17.9 Å². The molecule has 1 aliphatic heterocycles. The van der Waals surface area contributed by atoms with Crippen LogP contribution >= 0.6 is 0 Å². The third-order valence-corrected chi connectivity index (χ3v) is 6.85. The van der Waals surface area contributed by atoms with Crippen molar-refractivity contribution in [2.75, 3.05) is 38.0 Å². The summed E-state index contributed by atoms with van der Waals surface area (Å²) in [4.78, 5) is 14.7. The highest BCUT2D eigenvalue weighted by Gasteiger charge is 2.25. The molecule has 0 aliphatic carbocycles. The molecular formula is C19H31N3O4S. The fraction of sp³-hybridized carbons (Fsp3) is 0.632. The van der Waals surface area contributed by atoms with E-state index in [1.54, 1.807) is 25.1 Å². The second-order valence-electron chi connectivity index (χ2n) is 7.07. The van der Waals surface area contributed by atoms with Gasteiger partial charge in [0, 0.05) is 31.9 Å². The Hall–Kier alpha value is -1.48. The maximum Gasteiger partial charge on any atom is 0.243 e. The highest BCUT2D eigenvalue weighted by molar-refractivity contribution is 7.89. The van der Waals surface area contributed by atoms with Crippen molar-refractivity contribution in [2.24, 2.45) is 0 Å². The molecule has 1 saturated heterocycles. The molecule has 152 valence electrons. The third-order valence-electron chi connectivity index (χ3n) is 4.66. The van der Waals surface area contributed by atoms with Gasteiger partial charge in [0.1, 0.15) is 0 Å². The first-order valence-corrected chi connectivity index (χ1v) is 10.9. The second kappa shape index (κ2) is 9.14. The van der Waals surface area contributed by atoms with E-state index in [0.29, 0.717) is 37.4 Å². The van der Waals surface area contributed by atoms with Crippen LogP contribution in [0, 0.1) is 6.92 Å². The lowest BCUT2D eigenvalue weighted by molar-refractivity contribution is -0.121. The van der Waals surface area contributed by atoms with Crippen molar-refractivity contribution >= 4 is 21.6 Å². The second-order valence-corrected chi connectivity index (χ2v) is 8.98. The van der Waals surface area contributed by atoms with Crippen LogP contribution in [-0.2, 0) is 19.6 Å². The summed E-state index contributed by atoms with van der Waals surface area (Å²) in [6.45, 7) is 11.8. The number of anilines is 1. The number of carbonyl (C=O) groups excluding carboxylic acids is 1. The average molecular weight is 398 g/mol. The predicted octanol–water partition coefficient (Wildman–Crippen LogP) is 2.07. The van der Waals surface area contributed by atoms with E-state index < -0.39 is 10.0 Å². The molecule has 27 heavy (non-hydrogen) atoms. The summed E-state index contributed by atoms with van der Waals surface area (Å²) >= 11 is 0. The van der Waals surface area contributed by atoms with Crippen LogP contribution in [0.1, 0.15) is 33.3 Å². The molecule has 1 aromatic rings. The summed E-state index contributed by atoms with van der Waals surface area (Å²) in [5, 5.41) is 2.83. The van der Waals surface area contributed by atoms with Gasteiger partial charge in [-0.2, -0.15) is 4.31 Å². The van der Waals surface area contributed by atoms with E-state index in [2.05, 4.69) is 10.2 Å². The smallest absolute Gasteiger partial charge is 0.243 e. The van der Waals surface area contributed by atoms with E-state index in [1.165, 1.54) is 4.31 Å². The van der Waals surface area contributed by atoms with Gasteiger partial charge in [-0.25, -0.2) is 8.42 Å². The zero-order valence-electron chi connectivity index (χ0n) is 16.9. The van der Waals surface area contributed by atoms with E-state index in [1.807, 2.05) is 27.7 Å². The maximum absolute atomic E-state index is 12.8. The van der Waals surface area contributed by atoms with Crippen LogP contribution in [0.2, 0.25) is 0 Å². The Bertz CT molecular complexity index is 752. The number of benzene rings is 1. The van der Waals surface area contributed by atoms with Gasteiger partial charge in [0.2, 0.25) is 15.9 Å². The number of nitrogens with one attached hydrogen (secondary N) is 1. The minimum atomic E-state index is -3.58. The quantitative estimate of drug-likeness (QED) is 0.762. The number of morpholine rings is 1. The molecule has 1 N–H and O–H groups in total. The molecule has 1 fully saturated rings. The van der Waals surface area contributed by atoms with Crippen molar-refractivity contribution in [2.45, 2.75) is 51.7 Å². The van der Waals surface area contributed by atoms with Gasteiger partial charge in [0.25, 0.3) is 0 Å². The van der Waals surface area contributed by atoms with Gasteiger partial charge >= 0.3 is 0 Å². The number of hydrogen-bond acceptors (Lipinski definition) is 5. The molecule has 0 unspecified atom stereocenters. The molecule has 2 atom stereocenters. The number of hydrogen-bond donors (Lipinski definition) is 1. The SMILES string of the molecule is CCN(CC)S(=O)(=O)c1cc(NC(=O)CN2C[C@@H](C)O[C@H](C)C2)ccc1C. The minimum Gasteiger partial charge on any atom is -0.373 e. The van der Waals surface area contributed by atoms with Crippen LogP contribution < -0.4 is 5.32 Å². The van der Waals surface area contributed by atoms with E-state index in [0.717, 1.165) is 0 Å². The Morgan fingerprint density at radius 2 is 1.81 bits per heavy atom. The number of nitrogens with zero attached hydrogens (tertiary/aromatic N) is 2. The lowest BCUT2D eigenvalue weighted by Gasteiger charge is -2.34. The van der Waals surface area contributed by atoms with Crippen LogP contribution in [0.5, 0.6) is 0 Å². The normalized spacial score (nSPS) is 21.4. The molecule has 0 radical (unpaired) electrons. The highest BCUT2D eigenvalue weighted by Crippen LogP contribution is 2.23. The van der Waals surface area contributed by atoms with Gasteiger partial charge in [-0.1, -0.05) is 19.9 Å². The molecule has 1 aliphatic rings. The first kappa shape index (κ1) is 21.8. The van der Waals surface area contributed by atoms with Crippen LogP contribution in [-0.4, -0.2) is 68.5 Å². The molecule has 0 spiro atoms. The molecule has 0 aromatic heterocycles. The number of sulfonamides is 1. The van der Waals surface area contributed by atoms with Crippen molar-refractivity contribution in [3.05, 3.63) is 23.8 Å². The highest BCUT2D eigenvalue weighted by atomic mass is 32.2. The number of carbonyl (C=O) groups is 1. The standard InChI is InChI=1S/C19H31N3O4S/c1-6-22(7-2)27(24,25)18-10-17(9-8-14(18)3)20-19(23)13-21-11-15(4)26-16(5)12-21/h8-10,15-16H,6-7,11-13H2,1-5H3,(H,20,23)/t15-,16-/m1/s1. The monoisotopic (exact) mass is 397 g/mol. The summed E-state index contributed by atoms with van der Waals surface area (Å²) in [6, 6.07) is 5.01. The third kappa shape index (κ3) is 5.51. The molecule has 0 saturated carbocycles. The molecule has 1 amide bonds. The zero-order chi connectivity index (χ0) is 20.2. The molecular weight excluding hydrogens is 366 g/mol. The summed E-state index contributed by atoms with van der Waals surface area (Å²) in [5.41, 5.74) is 1.15. The number of aryl methyl sites for hydroxylation is 1. The van der Waals surface area contributed by atoms with Crippen LogP contribution in [0.15, 0.2) is 23.1 Å². The molecule has 7 nitrogen and oxygen atoms in total. The Labute approximate surface area is 162 Å². The van der Waals surface area contributed by atoms with Gasteiger partial charge in [0.05, 0.1) is 23.6 Å². The predicted molar refractivity (Wildman–Crippen MR) is 106 cm³/mol. The Kier molecular flexibility index (Phi) is 7.39. The number of amides is 1. The fourth-order valence-corrected chi connectivity index (χ4v) is 5.18. The van der Waals surface area contributed by atoms with Gasteiger partial charge in [-0.3, -0.25) is 9.69 Å². The first-order valence-electron chi connectivity index (χ1n) is 9.45. The molecule has 1 heterocycles. The Morgan fingerprint density at radius 3 is 2.37 bits per heavy atom. The van der Waals surface area contributed by atoms with Crippen molar-refractivity contribution in [3.8, 4) is 0 Å². The van der Waals surface area contributed by atoms with Crippen molar-refractivity contribution in [1.29, 1.82) is 0 Å². The van der Waals surface area contributed by atoms with Gasteiger partial charge < -0.3 is 10.1 Å². The summed E-state index contributed by atoms with van der Waals surface area (Å²) in [5.74, 6) is -0.161. The lowest BCUT2D eigenvalue weighted by Crippen LogP contribution is -2.48. The first-order chi connectivity index (χ1) is 12.7.